The van der Waals surface area contributed by atoms with E-state index in [0.717, 1.165) is 59.3 Å². The van der Waals surface area contributed by atoms with Gasteiger partial charge < -0.3 is 9.80 Å². The summed E-state index contributed by atoms with van der Waals surface area (Å²) < 4.78 is 1.83. The van der Waals surface area contributed by atoms with E-state index >= 15 is 0 Å². The van der Waals surface area contributed by atoms with Gasteiger partial charge in [-0.15, -0.1) is 0 Å². The van der Waals surface area contributed by atoms with Crippen LogP contribution in [0.25, 0.3) is 32.9 Å². The number of aromatic nitrogens is 4. The van der Waals surface area contributed by atoms with Crippen molar-refractivity contribution in [2.45, 2.75) is 6.92 Å². The minimum absolute atomic E-state index is 0.0926. The van der Waals surface area contributed by atoms with Crippen molar-refractivity contribution in [1.29, 1.82) is 0 Å². The molecule has 1 saturated heterocycles. The van der Waals surface area contributed by atoms with Crippen molar-refractivity contribution in [2.24, 2.45) is 7.05 Å². The molecule has 0 amide bonds. The molecule has 0 saturated carbocycles. The Morgan fingerprint density at radius 3 is 2.59 bits per heavy atom. The molecule has 2 aromatic heterocycles. The Kier molecular flexibility index (Phi) is 4.13. The van der Waals surface area contributed by atoms with Gasteiger partial charge in [0, 0.05) is 44.8 Å². The second-order valence-electron chi connectivity index (χ2n) is 7.95. The van der Waals surface area contributed by atoms with Crippen molar-refractivity contribution in [2.75, 3.05) is 38.1 Å². The third kappa shape index (κ3) is 3.17. The van der Waals surface area contributed by atoms with Gasteiger partial charge in [-0.3, -0.25) is 14.5 Å². The summed E-state index contributed by atoms with van der Waals surface area (Å²) in [4.78, 5) is 25.0. The van der Waals surface area contributed by atoms with Gasteiger partial charge in [0.05, 0.1) is 16.4 Å². The minimum Gasteiger partial charge on any atom is -0.340 e. The van der Waals surface area contributed by atoms with Crippen molar-refractivity contribution >= 4 is 27.8 Å². The number of piperazine rings is 1. The van der Waals surface area contributed by atoms with Crippen LogP contribution in [-0.2, 0) is 7.05 Å². The molecule has 3 heterocycles. The third-order valence-corrected chi connectivity index (χ3v) is 5.74. The van der Waals surface area contributed by atoms with Crippen LogP contribution < -0.4 is 10.5 Å². The molecule has 1 N–H and O–H groups in total. The molecule has 0 atom stereocenters. The van der Waals surface area contributed by atoms with E-state index in [1.165, 1.54) is 0 Å². The van der Waals surface area contributed by atoms with Crippen LogP contribution in [0.2, 0.25) is 0 Å². The SMILES string of the molecule is Cc1cc(-c2ccc3nc(N4CCN(C)CC4)[nH]c(=O)c3c2)cc2cn(C)nc12. The number of likely N-dealkylation sites (N-methyl/N-ethyl adjacent to an activating group) is 1. The molecule has 0 radical (unpaired) electrons. The van der Waals surface area contributed by atoms with E-state index in [0.29, 0.717) is 11.3 Å². The standard InChI is InChI=1S/C22H24N6O/c1-14-10-16(11-17-13-27(3)25-20(14)17)15-4-5-19-18(12-15)21(29)24-22(23-19)28-8-6-26(2)7-9-28/h4-5,10-13H,6-9H2,1-3H3,(H,23,24,29). The lowest BCUT2D eigenvalue weighted by Gasteiger charge is -2.32. The van der Waals surface area contributed by atoms with Crippen LogP contribution >= 0.6 is 0 Å². The molecule has 2 aromatic carbocycles. The Morgan fingerprint density at radius 2 is 1.79 bits per heavy atom. The Labute approximate surface area is 168 Å². The summed E-state index contributed by atoms with van der Waals surface area (Å²) in [7, 11) is 4.04. The second-order valence-corrected chi connectivity index (χ2v) is 7.95. The normalized spacial score (nSPS) is 15.5. The van der Waals surface area contributed by atoms with Gasteiger partial charge in [0.15, 0.2) is 0 Å². The molecule has 29 heavy (non-hydrogen) atoms. The predicted octanol–water partition coefficient (Wildman–Crippen LogP) is 2.54. The first-order chi connectivity index (χ1) is 14.0. The fourth-order valence-corrected chi connectivity index (χ4v) is 4.07. The number of nitrogens with one attached hydrogen (secondary N) is 1. The monoisotopic (exact) mass is 388 g/mol. The lowest BCUT2D eigenvalue weighted by molar-refractivity contribution is 0.311. The molecule has 148 valence electrons. The number of nitrogens with zero attached hydrogens (tertiary/aromatic N) is 5. The summed E-state index contributed by atoms with van der Waals surface area (Å²) in [6, 6.07) is 10.2. The zero-order chi connectivity index (χ0) is 20.1. The zero-order valence-electron chi connectivity index (χ0n) is 16.9. The highest BCUT2D eigenvalue weighted by molar-refractivity contribution is 5.90. The lowest BCUT2D eigenvalue weighted by atomic mass is 10.00. The summed E-state index contributed by atoms with van der Waals surface area (Å²) in [6.07, 6.45) is 2.02. The van der Waals surface area contributed by atoms with E-state index < -0.39 is 0 Å². The average Bonchev–Trinajstić information content (AvgIpc) is 3.09. The van der Waals surface area contributed by atoms with Crippen molar-refractivity contribution in [1.82, 2.24) is 24.6 Å². The maximum atomic E-state index is 12.8. The summed E-state index contributed by atoms with van der Waals surface area (Å²) in [6.45, 7) is 5.74. The highest BCUT2D eigenvalue weighted by Crippen LogP contribution is 2.28. The Morgan fingerprint density at radius 1 is 1.00 bits per heavy atom. The molecule has 1 fully saturated rings. The number of hydrogen-bond donors (Lipinski definition) is 1. The molecule has 5 rings (SSSR count). The highest BCUT2D eigenvalue weighted by atomic mass is 16.1. The van der Waals surface area contributed by atoms with Crippen LogP contribution in [0.5, 0.6) is 0 Å². The number of fused-ring (bicyclic) bond motifs is 2. The number of hydrogen-bond acceptors (Lipinski definition) is 5. The molecule has 0 spiro atoms. The molecular formula is C22H24N6O. The molecule has 0 unspecified atom stereocenters. The molecule has 0 bridgehead atoms. The van der Waals surface area contributed by atoms with Gasteiger partial charge in [-0.25, -0.2) is 4.98 Å². The second kappa shape index (κ2) is 6.70. The Bertz CT molecular complexity index is 1280. The van der Waals surface area contributed by atoms with E-state index in [2.05, 4.69) is 46.0 Å². The summed E-state index contributed by atoms with van der Waals surface area (Å²) in [5.74, 6) is 0.663. The van der Waals surface area contributed by atoms with Gasteiger partial charge in [0.2, 0.25) is 5.95 Å². The van der Waals surface area contributed by atoms with Gasteiger partial charge in [-0.05, 0) is 54.9 Å². The van der Waals surface area contributed by atoms with E-state index in [9.17, 15) is 4.79 Å². The predicted molar refractivity (Wildman–Crippen MR) is 117 cm³/mol. The van der Waals surface area contributed by atoms with Crippen molar-refractivity contribution in [3.63, 3.8) is 0 Å². The quantitative estimate of drug-likeness (QED) is 0.571. The average molecular weight is 388 g/mol. The van der Waals surface area contributed by atoms with Gasteiger partial charge in [0.1, 0.15) is 0 Å². The summed E-state index contributed by atoms with van der Waals surface area (Å²) in [5.41, 5.74) is 4.85. The van der Waals surface area contributed by atoms with E-state index in [-0.39, 0.29) is 5.56 Å². The van der Waals surface area contributed by atoms with Crippen LogP contribution in [0, 0.1) is 6.92 Å². The topological polar surface area (TPSA) is 70.1 Å². The fourth-order valence-electron chi connectivity index (χ4n) is 4.07. The molecule has 1 aliphatic heterocycles. The van der Waals surface area contributed by atoms with Crippen LogP contribution in [0.3, 0.4) is 0 Å². The lowest BCUT2D eigenvalue weighted by Crippen LogP contribution is -2.45. The third-order valence-electron chi connectivity index (χ3n) is 5.74. The molecule has 0 aliphatic carbocycles. The van der Waals surface area contributed by atoms with E-state index in [1.807, 2.05) is 36.1 Å². The number of H-pyrrole nitrogens is 1. The fraction of sp³-hybridized carbons (Fsp3) is 0.318. The van der Waals surface area contributed by atoms with Gasteiger partial charge >= 0.3 is 0 Å². The van der Waals surface area contributed by atoms with E-state index in [1.54, 1.807) is 0 Å². The zero-order valence-corrected chi connectivity index (χ0v) is 16.9. The van der Waals surface area contributed by atoms with Crippen molar-refractivity contribution in [3.05, 3.63) is 52.4 Å². The first-order valence-electron chi connectivity index (χ1n) is 9.90. The minimum atomic E-state index is -0.0926. The van der Waals surface area contributed by atoms with Gasteiger partial charge in [0.25, 0.3) is 5.56 Å². The number of anilines is 1. The largest absolute Gasteiger partial charge is 0.340 e. The van der Waals surface area contributed by atoms with Crippen LogP contribution in [-0.4, -0.2) is 57.9 Å². The molecular weight excluding hydrogens is 364 g/mol. The Hall–Kier alpha value is -3.19. The van der Waals surface area contributed by atoms with Crippen molar-refractivity contribution in [3.8, 4) is 11.1 Å². The van der Waals surface area contributed by atoms with Gasteiger partial charge in [-0.1, -0.05) is 6.07 Å². The van der Waals surface area contributed by atoms with Crippen LogP contribution in [0.15, 0.2) is 41.3 Å². The number of aromatic amines is 1. The molecule has 1 aliphatic rings. The molecule has 4 aromatic rings. The maximum Gasteiger partial charge on any atom is 0.260 e. The highest BCUT2D eigenvalue weighted by Gasteiger charge is 2.17. The van der Waals surface area contributed by atoms with Gasteiger partial charge in [-0.2, -0.15) is 5.10 Å². The number of rotatable bonds is 2. The molecule has 7 nitrogen and oxygen atoms in total. The van der Waals surface area contributed by atoms with Crippen LogP contribution in [0.4, 0.5) is 5.95 Å². The Balaban J connectivity index is 1.56. The number of aryl methyl sites for hydroxylation is 2. The van der Waals surface area contributed by atoms with Crippen LogP contribution in [0.1, 0.15) is 5.56 Å². The maximum absolute atomic E-state index is 12.8. The van der Waals surface area contributed by atoms with E-state index in [4.69, 9.17) is 4.98 Å². The first kappa shape index (κ1) is 17.9. The smallest absolute Gasteiger partial charge is 0.260 e. The number of benzene rings is 2. The first-order valence-corrected chi connectivity index (χ1v) is 9.90. The summed E-state index contributed by atoms with van der Waals surface area (Å²) >= 11 is 0. The molecule has 7 heteroatoms. The van der Waals surface area contributed by atoms with Crippen molar-refractivity contribution < 1.29 is 0 Å². The summed E-state index contributed by atoms with van der Waals surface area (Å²) in [5, 5.41) is 6.23.